The number of aldehydes is 1. The van der Waals surface area contributed by atoms with Gasteiger partial charge in [-0.15, -0.1) is 0 Å². The van der Waals surface area contributed by atoms with Crippen molar-refractivity contribution in [2.45, 2.75) is 0 Å². The second-order valence-corrected chi connectivity index (χ2v) is 3.32. The third-order valence-electron chi connectivity index (χ3n) is 1.90. The highest BCUT2D eigenvalue weighted by atomic mass is 35.5. The molecule has 0 atom stereocenters. The van der Waals surface area contributed by atoms with Crippen molar-refractivity contribution in [3.63, 3.8) is 0 Å². The number of nitrogens with zero attached hydrogens (tertiary/aromatic N) is 2. The second kappa shape index (κ2) is 4.19. The highest BCUT2D eigenvalue weighted by Crippen LogP contribution is 2.15. The Bertz CT molecular complexity index is 537. The number of aromatic nitrogens is 2. The third-order valence-corrected chi connectivity index (χ3v) is 2.09. The first kappa shape index (κ1) is 9.80. The molecule has 0 amide bonds. The Labute approximate surface area is 91.4 Å². The molecule has 0 aliphatic heterocycles. The van der Waals surface area contributed by atoms with E-state index in [0.29, 0.717) is 5.15 Å². The highest BCUT2D eigenvalue weighted by Gasteiger charge is 1.97. The lowest BCUT2D eigenvalue weighted by molar-refractivity contribution is -0.104. The second-order valence-electron chi connectivity index (χ2n) is 2.94. The van der Waals surface area contributed by atoms with Crippen LogP contribution in [0.3, 0.4) is 0 Å². The molecular formula is C11H7ClN2O. The Hall–Kier alpha value is -1.74. The van der Waals surface area contributed by atoms with Crippen LogP contribution >= 0.6 is 11.6 Å². The van der Waals surface area contributed by atoms with Gasteiger partial charge in [0.2, 0.25) is 0 Å². The van der Waals surface area contributed by atoms with Crippen molar-refractivity contribution in [1.29, 1.82) is 0 Å². The summed E-state index contributed by atoms with van der Waals surface area (Å²) in [6.07, 6.45) is 5.37. The van der Waals surface area contributed by atoms with Crippen molar-refractivity contribution in [2.24, 2.45) is 0 Å². The molecule has 0 saturated carbocycles. The van der Waals surface area contributed by atoms with Gasteiger partial charge in [0.25, 0.3) is 0 Å². The topological polar surface area (TPSA) is 42.9 Å². The Balaban J connectivity index is 2.54. The number of carbonyl (C=O) groups is 1. The van der Waals surface area contributed by atoms with Gasteiger partial charge >= 0.3 is 0 Å². The molecule has 1 aromatic carbocycles. The molecule has 0 bridgehead atoms. The minimum atomic E-state index is 0.360. The minimum Gasteiger partial charge on any atom is -0.299 e. The number of allylic oxidation sites excluding steroid dienone is 1. The van der Waals surface area contributed by atoms with Gasteiger partial charge in [-0.1, -0.05) is 23.7 Å². The third kappa shape index (κ3) is 2.19. The van der Waals surface area contributed by atoms with Gasteiger partial charge in [0.05, 0.1) is 17.2 Å². The Morgan fingerprint density at radius 1 is 1.27 bits per heavy atom. The van der Waals surface area contributed by atoms with Crippen molar-refractivity contribution in [2.75, 3.05) is 0 Å². The quantitative estimate of drug-likeness (QED) is 0.575. The monoisotopic (exact) mass is 218 g/mol. The first-order valence-electron chi connectivity index (χ1n) is 4.34. The average molecular weight is 219 g/mol. The van der Waals surface area contributed by atoms with Crippen LogP contribution in [0.25, 0.3) is 17.1 Å². The maximum absolute atomic E-state index is 10.2. The highest BCUT2D eigenvalue weighted by molar-refractivity contribution is 6.29. The van der Waals surface area contributed by atoms with Gasteiger partial charge in [-0.2, -0.15) is 0 Å². The van der Waals surface area contributed by atoms with Crippen LogP contribution in [-0.2, 0) is 4.79 Å². The fourth-order valence-electron chi connectivity index (χ4n) is 1.26. The smallest absolute Gasteiger partial charge is 0.148 e. The SMILES string of the molecule is O=CC=Cc1ccc2ncc(Cl)nc2c1. The summed E-state index contributed by atoms with van der Waals surface area (Å²) in [5.41, 5.74) is 2.39. The fourth-order valence-corrected chi connectivity index (χ4v) is 1.40. The minimum absolute atomic E-state index is 0.360. The van der Waals surface area contributed by atoms with Crippen molar-refractivity contribution < 1.29 is 4.79 Å². The number of halogens is 1. The van der Waals surface area contributed by atoms with E-state index in [1.54, 1.807) is 6.08 Å². The van der Waals surface area contributed by atoms with E-state index < -0.39 is 0 Å². The summed E-state index contributed by atoms with van der Waals surface area (Å²) in [6, 6.07) is 5.53. The number of benzene rings is 1. The van der Waals surface area contributed by atoms with Crippen LogP contribution in [-0.4, -0.2) is 16.3 Å². The summed E-state index contributed by atoms with van der Waals surface area (Å²) < 4.78 is 0. The summed E-state index contributed by atoms with van der Waals surface area (Å²) in [5.74, 6) is 0. The zero-order valence-corrected chi connectivity index (χ0v) is 8.48. The molecule has 15 heavy (non-hydrogen) atoms. The van der Waals surface area contributed by atoms with E-state index in [1.807, 2.05) is 18.2 Å². The molecule has 0 unspecified atom stereocenters. The Morgan fingerprint density at radius 2 is 2.13 bits per heavy atom. The summed E-state index contributed by atoms with van der Waals surface area (Å²) >= 11 is 5.73. The van der Waals surface area contributed by atoms with Crippen molar-refractivity contribution in [3.05, 3.63) is 41.2 Å². The van der Waals surface area contributed by atoms with Gasteiger partial charge in [-0.3, -0.25) is 9.78 Å². The van der Waals surface area contributed by atoms with Crippen LogP contribution in [0.4, 0.5) is 0 Å². The molecule has 1 heterocycles. The molecule has 4 heteroatoms. The standard InChI is InChI=1S/C11H7ClN2O/c12-11-7-13-9-4-3-8(2-1-5-15)6-10(9)14-11/h1-7H. The molecule has 2 rings (SSSR count). The molecule has 74 valence electrons. The number of hydrogen-bond acceptors (Lipinski definition) is 3. The Kier molecular flexibility index (Phi) is 2.74. The van der Waals surface area contributed by atoms with E-state index in [0.717, 1.165) is 22.9 Å². The van der Waals surface area contributed by atoms with E-state index in [9.17, 15) is 4.79 Å². The predicted molar refractivity (Wildman–Crippen MR) is 59.6 cm³/mol. The van der Waals surface area contributed by atoms with E-state index in [2.05, 4.69) is 9.97 Å². The molecule has 0 radical (unpaired) electrons. The van der Waals surface area contributed by atoms with Crippen LogP contribution in [0.5, 0.6) is 0 Å². The van der Waals surface area contributed by atoms with Crippen molar-refractivity contribution >= 4 is 35.0 Å². The Morgan fingerprint density at radius 3 is 2.93 bits per heavy atom. The molecule has 0 fully saturated rings. The molecule has 0 spiro atoms. The normalized spacial score (nSPS) is 11.0. The molecule has 3 nitrogen and oxygen atoms in total. The van der Waals surface area contributed by atoms with E-state index >= 15 is 0 Å². The lowest BCUT2D eigenvalue weighted by atomic mass is 10.2. The molecule has 1 aromatic heterocycles. The van der Waals surface area contributed by atoms with Gasteiger partial charge in [-0.05, 0) is 23.8 Å². The van der Waals surface area contributed by atoms with Crippen LogP contribution in [0.1, 0.15) is 5.56 Å². The average Bonchev–Trinajstić information content (AvgIpc) is 2.25. The molecular weight excluding hydrogens is 212 g/mol. The zero-order chi connectivity index (χ0) is 10.7. The first-order valence-corrected chi connectivity index (χ1v) is 4.71. The van der Waals surface area contributed by atoms with E-state index in [-0.39, 0.29) is 0 Å². The number of rotatable bonds is 2. The largest absolute Gasteiger partial charge is 0.299 e. The summed E-state index contributed by atoms with van der Waals surface area (Å²) in [7, 11) is 0. The maximum atomic E-state index is 10.2. The lowest BCUT2D eigenvalue weighted by Gasteiger charge is -1.98. The van der Waals surface area contributed by atoms with E-state index in [1.165, 1.54) is 12.3 Å². The molecule has 0 N–H and O–H groups in total. The number of fused-ring (bicyclic) bond motifs is 1. The van der Waals surface area contributed by atoms with Crippen LogP contribution in [0, 0.1) is 0 Å². The molecule has 0 saturated heterocycles. The van der Waals surface area contributed by atoms with Crippen molar-refractivity contribution in [3.8, 4) is 0 Å². The van der Waals surface area contributed by atoms with E-state index in [4.69, 9.17) is 11.6 Å². The van der Waals surface area contributed by atoms with Gasteiger partial charge in [0.15, 0.2) is 0 Å². The maximum Gasteiger partial charge on any atom is 0.148 e. The van der Waals surface area contributed by atoms with Gasteiger partial charge in [0.1, 0.15) is 11.4 Å². The number of carbonyl (C=O) groups excluding carboxylic acids is 1. The molecule has 0 aliphatic rings. The summed E-state index contributed by atoms with van der Waals surface area (Å²) in [5, 5.41) is 0.360. The summed E-state index contributed by atoms with van der Waals surface area (Å²) in [6.45, 7) is 0. The van der Waals surface area contributed by atoms with Crippen LogP contribution in [0.2, 0.25) is 5.15 Å². The van der Waals surface area contributed by atoms with Crippen LogP contribution in [0.15, 0.2) is 30.5 Å². The van der Waals surface area contributed by atoms with Crippen molar-refractivity contribution in [1.82, 2.24) is 9.97 Å². The predicted octanol–water partition coefficient (Wildman–Crippen LogP) is 2.50. The van der Waals surface area contributed by atoms with Gasteiger partial charge in [0, 0.05) is 0 Å². The fraction of sp³-hybridized carbons (Fsp3) is 0. The number of hydrogen-bond donors (Lipinski definition) is 0. The molecule has 2 aromatic rings. The zero-order valence-electron chi connectivity index (χ0n) is 7.72. The lowest BCUT2D eigenvalue weighted by Crippen LogP contribution is -1.84. The summed E-state index contributed by atoms with van der Waals surface area (Å²) in [4.78, 5) is 18.4. The molecule has 0 aliphatic carbocycles. The van der Waals surface area contributed by atoms with Crippen LogP contribution < -0.4 is 0 Å². The van der Waals surface area contributed by atoms with Gasteiger partial charge < -0.3 is 0 Å². The first-order chi connectivity index (χ1) is 7.29. The van der Waals surface area contributed by atoms with Gasteiger partial charge in [-0.25, -0.2) is 4.98 Å².